The van der Waals surface area contributed by atoms with Crippen LogP contribution in [0.1, 0.15) is 36.5 Å². The van der Waals surface area contributed by atoms with Crippen molar-refractivity contribution in [2.75, 3.05) is 0 Å². The summed E-state index contributed by atoms with van der Waals surface area (Å²) in [5.41, 5.74) is 7.63. The number of rotatable bonds is 2. The van der Waals surface area contributed by atoms with Gasteiger partial charge in [-0.1, -0.05) is 0 Å². The van der Waals surface area contributed by atoms with Gasteiger partial charge in [0.15, 0.2) is 0 Å². The van der Waals surface area contributed by atoms with Gasteiger partial charge in [-0.2, -0.15) is 0 Å². The fourth-order valence-electron chi connectivity index (χ4n) is 4.13. The van der Waals surface area contributed by atoms with E-state index in [1.165, 1.54) is 16.7 Å². The Balaban J connectivity index is 2.04. The molecule has 0 unspecified atom stereocenters. The van der Waals surface area contributed by atoms with Gasteiger partial charge in [0, 0.05) is 0 Å². The van der Waals surface area contributed by atoms with E-state index in [-0.39, 0.29) is 0 Å². The van der Waals surface area contributed by atoms with Crippen LogP contribution in [0.5, 0.6) is 0 Å². The van der Waals surface area contributed by atoms with Gasteiger partial charge in [-0.05, 0) is 0 Å². The molecule has 2 aromatic rings. The van der Waals surface area contributed by atoms with E-state index in [0.717, 1.165) is 6.42 Å². The van der Waals surface area contributed by atoms with Crippen molar-refractivity contribution in [3.8, 4) is 11.1 Å². The number of benzene rings is 2. The first kappa shape index (κ1) is 16.2. The van der Waals surface area contributed by atoms with Crippen LogP contribution in [-0.2, 0) is 26.2 Å². The van der Waals surface area contributed by atoms with Crippen LogP contribution in [0.2, 0.25) is 9.26 Å². The Hall–Kier alpha value is -1.33. The molecule has 2 aliphatic rings. The van der Waals surface area contributed by atoms with Gasteiger partial charge in [-0.3, -0.25) is 0 Å². The molecule has 0 nitrogen and oxygen atoms in total. The number of hydrogen-bond donors (Lipinski definition) is 0. The molecule has 24 heavy (non-hydrogen) atoms. The summed E-state index contributed by atoms with van der Waals surface area (Å²) in [5, 5.41) is 0. The van der Waals surface area contributed by atoms with Gasteiger partial charge in [-0.15, -0.1) is 0 Å². The van der Waals surface area contributed by atoms with E-state index in [4.69, 9.17) is 0 Å². The molecule has 0 aromatic heterocycles. The van der Waals surface area contributed by atoms with Gasteiger partial charge in [0.1, 0.15) is 0 Å². The topological polar surface area (TPSA) is 0 Å². The van der Waals surface area contributed by atoms with Crippen molar-refractivity contribution in [2.45, 2.75) is 35.4 Å². The molecule has 0 atom stereocenters. The number of fused-ring (bicyclic) bond motifs is 3. The molecule has 1 heteroatoms. The summed E-state index contributed by atoms with van der Waals surface area (Å²) in [6.07, 6.45) is 10.2. The second-order valence-electron chi connectivity index (χ2n) is 7.81. The minimum atomic E-state index is -2.48. The molecule has 0 heterocycles. The third-order valence-corrected chi connectivity index (χ3v) is 16.7. The summed E-state index contributed by atoms with van der Waals surface area (Å²) in [6.45, 7) is 4.73. The van der Waals surface area contributed by atoms with Gasteiger partial charge in [0.25, 0.3) is 0 Å². The second-order valence-corrected chi connectivity index (χ2v) is 19.5. The first-order valence-electron chi connectivity index (χ1n) is 8.90. The van der Waals surface area contributed by atoms with Gasteiger partial charge < -0.3 is 0 Å². The second kappa shape index (κ2) is 5.88. The van der Waals surface area contributed by atoms with Crippen molar-refractivity contribution in [2.24, 2.45) is 0 Å². The first-order chi connectivity index (χ1) is 11.5. The zero-order valence-corrected chi connectivity index (χ0v) is 17.5. The average Bonchev–Trinajstić information content (AvgIpc) is 3.21. The van der Waals surface area contributed by atoms with Gasteiger partial charge in [-0.25, -0.2) is 0 Å². The fraction of sp³-hybridized carbons (Fsp3) is 0.261. The molecule has 0 saturated carbocycles. The van der Waals surface area contributed by atoms with Crippen molar-refractivity contribution in [1.29, 1.82) is 0 Å². The van der Waals surface area contributed by atoms with Crippen LogP contribution in [0.15, 0.2) is 60.7 Å². The van der Waals surface area contributed by atoms with Crippen molar-refractivity contribution < 1.29 is 19.8 Å². The standard InChI is InChI=1S/C18H13.C3H6.2CH3.Zr/c1-2-6-13(5-1)14-9-10-18-16(11-14)12-15-7-3-4-8-17(15)18;1-3-2;;;/h1-10,13H,12H2;1-2H3;2*1H3;. The average molecular weight is 393 g/mol. The number of hydrogen-bond acceptors (Lipinski definition) is 0. The van der Waals surface area contributed by atoms with E-state index in [0.29, 0.717) is 5.92 Å². The zero-order chi connectivity index (χ0) is 16.9. The molecule has 0 saturated heterocycles. The van der Waals surface area contributed by atoms with Crippen LogP contribution >= 0.6 is 0 Å². The molecular weight excluding hydrogens is 367 g/mol. The Kier molecular flexibility index (Phi) is 3.96. The van der Waals surface area contributed by atoms with Crippen molar-refractivity contribution in [3.05, 3.63) is 77.4 Å². The summed E-state index contributed by atoms with van der Waals surface area (Å²) >= 11 is -2.48. The molecule has 121 valence electrons. The molecule has 0 N–H and O–H groups in total. The third kappa shape index (κ3) is 2.41. The summed E-state index contributed by atoms with van der Waals surface area (Å²) in [5.74, 6) is 0.462. The Bertz CT molecular complexity index is 919. The Morgan fingerprint density at radius 3 is 2.33 bits per heavy atom. The Labute approximate surface area is 149 Å². The summed E-state index contributed by atoms with van der Waals surface area (Å²) in [6, 6.07) is 13.8. The first-order valence-corrected chi connectivity index (χ1v) is 16.3. The van der Waals surface area contributed by atoms with E-state index < -0.39 is 19.8 Å². The minimum absolute atomic E-state index is 0.462. The maximum atomic E-state index is 2.59. The van der Waals surface area contributed by atoms with E-state index in [1.54, 1.807) is 17.6 Å². The molecule has 0 aliphatic heterocycles. The summed E-state index contributed by atoms with van der Waals surface area (Å²) in [4.78, 5) is 0. The van der Waals surface area contributed by atoms with Crippen molar-refractivity contribution in [3.63, 3.8) is 0 Å². The van der Waals surface area contributed by atoms with Crippen molar-refractivity contribution in [1.82, 2.24) is 0 Å². The van der Waals surface area contributed by atoms with E-state index in [2.05, 4.69) is 83.8 Å². The van der Waals surface area contributed by atoms with Crippen LogP contribution in [0.3, 0.4) is 0 Å². The fourth-order valence-corrected chi connectivity index (χ4v) is 10.2. The molecule has 0 radical (unpaired) electrons. The van der Waals surface area contributed by atoms with E-state index >= 15 is 0 Å². The molecule has 4 rings (SSSR count). The van der Waals surface area contributed by atoms with Crippen LogP contribution in [0.25, 0.3) is 11.1 Å². The van der Waals surface area contributed by atoms with Crippen molar-refractivity contribution >= 4 is 6.48 Å². The van der Waals surface area contributed by atoms with Gasteiger partial charge in [0.05, 0.1) is 0 Å². The molecule has 0 fully saturated rings. The molecule has 0 amide bonds. The van der Waals surface area contributed by atoms with E-state index in [9.17, 15) is 0 Å². The predicted octanol–water partition coefficient (Wildman–Crippen LogP) is 5.56. The van der Waals surface area contributed by atoms with Gasteiger partial charge in [0.2, 0.25) is 0 Å². The molecule has 2 aliphatic carbocycles. The zero-order valence-electron chi connectivity index (χ0n) is 15.1. The number of allylic oxidation sites excluding steroid dienone is 4. The van der Waals surface area contributed by atoms with Crippen LogP contribution < -0.4 is 3.27 Å². The SMILES string of the molecule is C[C](C)=[Zr]([CH3])([CH3])[c]1c(C2C=CC=C2)ccc2c1Cc1ccccc1-2. The molecule has 0 spiro atoms. The summed E-state index contributed by atoms with van der Waals surface area (Å²) in [7, 11) is 0. The summed E-state index contributed by atoms with van der Waals surface area (Å²) < 4.78 is 8.61. The quantitative estimate of drug-likeness (QED) is 0.536. The van der Waals surface area contributed by atoms with E-state index in [1.807, 2.05) is 0 Å². The molecular formula is C23H25Zr. The van der Waals surface area contributed by atoms with Crippen LogP contribution in [0.4, 0.5) is 0 Å². The Morgan fingerprint density at radius 2 is 1.62 bits per heavy atom. The van der Waals surface area contributed by atoms with Crippen LogP contribution in [0, 0.1) is 0 Å². The van der Waals surface area contributed by atoms with Crippen LogP contribution in [-0.4, -0.2) is 3.21 Å². The molecule has 0 bridgehead atoms. The molecule has 2 aromatic carbocycles. The predicted molar refractivity (Wildman–Crippen MR) is 103 cm³/mol. The third-order valence-electron chi connectivity index (χ3n) is 6.00. The van der Waals surface area contributed by atoms with Gasteiger partial charge >= 0.3 is 150 Å². The Morgan fingerprint density at radius 1 is 0.917 bits per heavy atom. The maximum absolute atomic E-state index is 2.59. The normalized spacial score (nSPS) is 15.7. The monoisotopic (exact) mass is 391 g/mol.